The third-order valence-corrected chi connectivity index (χ3v) is 4.23. The molecule has 0 atom stereocenters. The molecule has 0 aromatic rings. The van der Waals surface area contributed by atoms with Crippen LogP contribution in [0.25, 0.3) is 0 Å². The fourth-order valence-corrected chi connectivity index (χ4v) is 2.85. The maximum absolute atomic E-state index is 12.0. The largest absolute Gasteiger partial charge is 0.466 e. The summed E-state index contributed by atoms with van der Waals surface area (Å²) in [6.45, 7) is 13.9. The second-order valence-corrected chi connectivity index (χ2v) is 9.20. The van der Waals surface area contributed by atoms with Crippen LogP contribution >= 0.6 is 0 Å². The second-order valence-electron chi connectivity index (χ2n) is 7.10. The Morgan fingerprint density at radius 3 is 2.36 bits per heavy atom. The van der Waals surface area contributed by atoms with E-state index in [2.05, 4.69) is 13.1 Å². The molecule has 1 saturated heterocycles. The molecule has 0 unspecified atom stereocenters. The molecule has 0 aromatic heterocycles. The molecule has 0 radical (unpaired) electrons. The van der Waals surface area contributed by atoms with Crippen LogP contribution in [0.2, 0.25) is 13.1 Å². The van der Waals surface area contributed by atoms with Crippen LogP contribution in [0, 0.1) is 5.92 Å². The van der Waals surface area contributed by atoms with E-state index in [0.29, 0.717) is 5.92 Å². The highest BCUT2D eigenvalue weighted by Crippen LogP contribution is 2.20. The number of carbonyl (C=O) groups is 1. The first-order valence-corrected chi connectivity index (χ1v) is 10.7. The van der Waals surface area contributed by atoms with Crippen molar-refractivity contribution in [3.63, 3.8) is 0 Å². The molecule has 0 aromatic carbocycles. The van der Waals surface area contributed by atoms with Crippen molar-refractivity contribution in [2.24, 2.45) is 5.92 Å². The van der Waals surface area contributed by atoms with Gasteiger partial charge in [0.2, 0.25) is 0 Å². The van der Waals surface area contributed by atoms with Crippen molar-refractivity contribution < 1.29 is 18.7 Å². The van der Waals surface area contributed by atoms with E-state index in [4.69, 9.17) is 13.9 Å². The fraction of sp³-hybridized carbons (Fsp3) is 0.938. The molecule has 1 amide bonds. The van der Waals surface area contributed by atoms with Gasteiger partial charge in [-0.15, -0.1) is 0 Å². The third kappa shape index (κ3) is 8.75. The van der Waals surface area contributed by atoms with E-state index >= 15 is 0 Å². The summed E-state index contributed by atoms with van der Waals surface area (Å²) in [5.41, 5.74) is -0.419. The van der Waals surface area contributed by atoms with Crippen LogP contribution in [0.3, 0.4) is 0 Å². The summed E-state index contributed by atoms with van der Waals surface area (Å²) in [5.74, 6) is 0.552. The standard InChI is InChI=1S/C16H32NO4Si/c1-16(2,3)21-15(18)17-9-7-14(8-10-17)13-19-11-6-12-20-22(4)5/h14H,6-13H2,1-5H3/q+1. The zero-order valence-electron chi connectivity index (χ0n) is 14.8. The molecule has 0 aliphatic carbocycles. The van der Waals surface area contributed by atoms with Crippen LogP contribution in [0.5, 0.6) is 0 Å². The molecule has 1 aliphatic heterocycles. The van der Waals surface area contributed by atoms with Gasteiger partial charge in [-0.2, -0.15) is 0 Å². The molecule has 1 heterocycles. The van der Waals surface area contributed by atoms with Gasteiger partial charge in [0, 0.05) is 26.3 Å². The van der Waals surface area contributed by atoms with Gasteiger partial charge in [0.05, 0.1) is 19.7 Å². The lowest BCUT2D eigenvalue weighted by Crippen LogP contribution is -2.42. The van der Waals surface area contributed by atoms with Crippen LogP contribution in [-0.2, 0) is 13.9 Å². The van der Waals surface area contributed by atoms with Crippen molar-refractivity contribution in [3.8, 4) is 0 Å². The molecule has 22 heavy (non-hydrogen) atoms. The van der Waals surface area contributed by atoms with Crippen LogP contribution in [0.4, 0.5) is 4.79 Å². The summed E-state index contributed by atoms with van der Waals surface area (Å²) in [6, 6.07) is 0. The number of nitrogens with zero attached hydrogens (tertiary/aromatic N) is 1. The minimum absolute atomic E-state index is 0.194. The van der Waals surface area contributed by atoms with Crippen molar-refractivity contribution in [1.82, 2.24) is 4.90 Å². The number of hydrogen-bond donors (Lipinski definition) is 0. The number of amides is 1. The number of ether oxygens (including phenoxy) is 2. The van der Waals surface area contributed by atoms with E-state index in [1.165, 1.54) is 0 Å². The van der Waals surface area contributed by atoms with Crippen LogP contribution in [0.15, 0.2) is 0 Å². The first-order valence-electron chi connectivity index (χ1n) is 8.26. The van der Waals surface area contributed by atoms with E-state index in [-0.39, 0.29) is 6.09 Å². The van der Waals surface area contributed by atoms with Gasteiger partial charge < -0.3 is 14.4 Å². The van der Waals surface area contributed by atoms with Crippen LogP contribution in [-0.4, -0.2) is 58.5 Å². The van der Waals surface area contributed by atoms with E-state index < -0.39 is 14.6 Å². The topological polar surface area (TPSA) is 48.0 Å². The Morgan fingerprint density at radius 1 is 1.18 bits per heavy atom. The molecule has 0 N–H and O–H groups in total. The number of hydrogen-bond acceptors (Lipinski definition) is 4. The minimum Gasteiger partial charge on any atom is -0.444 e. The monoisotopic (exact) mass is 330 g/mol. The van der Waals surface area contributed by atoms with E-state index in [9.17, 15) is 4.79 Å². The van der Waals surface area contributed by atoms with Crippen molar-refractivity contribution >= 4 is 15.1 Å². The molecule has 1 fully saturated rings. The first kappa shape index (κ1) is 19.5. The quantitative estimate of drug-likeness (QED) is 0.531. The molecule has 128 valence electrons. The molecule has 6 heteroatoms. The number of piperidine rings is 1. The highest BCUT2D eigenvalue weighted by molar-refractivity contribution is 6.48. The zero-order valence-corrected chi connectivity index (χ0v) is 15.8. The Labute approximate surface area is 137 Å². The molecular weight excluding hydrogens is 298 g/mol. The molecule has 0 bridgehead atoms. The van der Waals surface area contributed by atoms with Crippen molar-refractivity contribution in [1.29, 1.82) is 0 Å². The molecule has 1 rings (SSSR count). The highest BCUT2D eigenvalue weighted by atomic mass is 28.3. The summed E-state index contributed by atoms with van der Waals surface area (Å²) in [4.78, 5) is 13.8. The summed E-state index contributed by atoms with van der Waals surface area (Å²) in [5, 5.41) is 0. The Morgan fingerprint density at radius 2 is 1.82 bits per heavy atom. The maximum Gasteiger partial charge on any atom is 0.466 e. The first-order chi connectivity index (χ1) is 10.3. The average molecular weight is 331 g/mol. The van der Waals surface area contributed by atoms with Gasteiger partial charge in [0.15, 0.2) is 0 Å². The van der Waals surface area contributed by atoms with Gasteiger partial charge >= 0.3 is 15.1 Å². The van der Waals surface area contributed by atoms with Gasteiger partial charge in [-0.1, -0.05) is 0 Å². The van der Waals surface area contributed by atoms with E-state index in [1.807, 2.05) is 25.7 Å². The van der Waals surface area contributed by atoms with Gasteiger partial charge in [-0.3, -0.25) is 0 Å². The van der Waals surface area contributed by atoms with Gasteiger partial charge in [0.1, 0.15) is 5.60 Å². The van der Waals surface area contributed by atoms with Crippen molar-refractivity contribution in [3.05, 3.63) is 0 Å². The molecule has 0 spiro atoms. The Kier molecular flexibility index (Phi) is 8.42. The molecule has 1 aliphatic rings. The lowest BCUT2D eigenvalue weighted by Gasteiger charge is -2.33. The van der Waals surface area contributed by atoms with E-state index in [1.54, 1.807) is 0 Å². The Hall–Kier alpha value is -0.593. The van der Waals surface area contributed by atoms with Gasteiger partial charge in [-0.25, -0.2) is 9.22 Å². The molecular formula is C16H32NO4Si+. The van der Waals surface area contributed by atoms with Crippen LogP contribution < -0.4 is 0 Å². The second kappa shape index (κ2) is 9.52. The summed E-state index contributed by atoms with van der Waals surface area (Å²) in [7, 11) is -0.574. The Bertz CT molecular complexity index is 323. The lowest BCUT2D eigenvalue weighted by molar-refractivity contribution is 0.0111. The SMILES string of the molecule is C[Si+](C)OCCCOCC1CCN(C(=O)OC(C)(C)C)CC1. The number of rotatable bonds is 7. The third-order valence-electron chi connectivity index (χ3n) is 3.44. The fourth-order valence-electron chi connectivity index (χ4n) is 2.30. The Balaban J connectivity index is 2.09. The summed E-state index contributed by atoms with van der Waals surface area (Å²) in [6.07, 6.45) is 2.76. The minimum atomic E-state index is -0.574. The van der Waals surface area contributed by atoms with E-state index in [0.717, 1.165) is 52.2 Å². The summed E-state index contributed by atoms with van der Waals surface area (Å²) >= 11 is 0. The van der Waals surface area contributed by atoms with Crippen molar-refractivity contribution in [2.45, 2.75) is 58.7 Å². The average Bonchev–Trinajstić information content (AvgIpc) is 2.41. The predicted molar refractivity (Wildman–Crippen MR) is 89.4 cm³/mol. The normalized spacial score (nSPS) is 16.7. The number of likely N-dealkylation sites (tertiary alicyclic amines) is 1. The number of carbonyl (C=O) groups excluding carboxylic acids is 1. The van der Waals surface area contributed by atoms with Crippen LogP contribution in [0.1, 0.15) is 40.0 Å². The molecule has 0 saturated carbocycles. The molecule has 5 nitrogen and oxygen atoms in total. The highest BCUT2D eigenvalue weighted by Gasteiger charge is 2.26. The van der Waals surface area contributed by atoms with Gasteiger partial charge in [0.25, 0.3) is 0 Å². The van der Waals surface area contributed by atoms with Crippen molar-refractivity contribution in [2.75, 3.05) is 32.9 Å². The van der Waals surface area contributed by atoms with Gasteiger partial charge in [-0.05, 0) is 46.0 Å². The smallest absolute Gasteiger partial charge is 0.444 e. The maximum atomic E-state index is 12.0. The summed E-state index contributed by atoms with van der Waals surface area (Å²) < 4.78 is 16.7. The lowest BCUT2D eigenvalue weighted by atomic mass is 9.98. The zero-order chi connectivity index (χ0) is 16.6. The predicted octanol–water partition coefficient (Wildman–Crippen LogP) is 3.31.